The van der Waals surface area contributed by atoms with E-state index in [9.17, 15) is 5.21 Å². The monoisotopic (exact) mass is 306 g/mol. The van der Waals surface area contributed by atoms with Crippen LogP contribution in [-0.4, -0.2) is 21.2 Å². The molecule has 2 aromatic rings. The molecule has 0 amide bonds. The molecular weight excluding hydrogens is 288 g/mol. The predicted octanol–water partition coefficient (Wildman–Crippen LogP) is 4.94. The maximum atomic E-state index is 9.25. The summed E-state index contributed by atoms with van der Waals surface area (Å²) >= 11 is 3.49. The van der Waals surface area contributed by atoms with Gasteiger partial charge in [0, 0.05) is 0 Å². The van der Waals surface area contributed by atoms with Crippen LogP contribution in [0.25, 0.3) is 10.2 Å². The van der Waals surface area contributed by atoms with E-state index >= 15 is 0 Å². The van der Waals surface area contributed by atoms with Crippen LogP contribution < -0.4 is 0 Å². The zero-order valence-electron chi connectivity index (χ0n) is 11.3. The maximum Gasteiger partial charge on any atom is 0.151 e. The average Bonchev–Trinajstić information content (AvgIpc) is 2.84. The molecule has 1 fully saturated rings. The molecule has 106 valence electrons. The van der Waals surface area contributed by atoms with Crippen molar-refractivity contribution in [2.24, 2.45) is 5.16 Å². The van der Waals surface area contributed by atoms with Gasteiger partial charge in [-0.3, -0.25) is 0 Å². The Morgan fingerprint density at radius 1 is 1.20 bits per heavy atom. The molecule has 5 heteroatoms. The van der Waals surface area contributed by atoms with Gasteiger partial charge in [-0.15, -0.1) is 11.3 Å². The van der Waals surface area contributed by atoms with Crippen LogP contribution in [0.5, 0.6) is 0 Å². The van der Waals surface area contributed by atoms with Gasteiger partial charge >= 0.3 is 0 Å². The van der Waals surface area contributed by atoms with E-state index < -0.39 is 0 Å². The van der Waals surface area contributed by atoms with Gasteiger partial charge in [0.15, 0.2) is 4.34 Å². The van der Waals surface area contributed by atoms with Crippen LogP contribution in [-0.2, 0) is 0 Å². The number of hydrogen-bond acceptors (Lipinski definition) is 5. The van der Waals surface area contributed by atoms with Crippen molar-refractivity contribution in [2.75, 3.05) is 0 Å². The van der Waals surface area contributed by atoms with Crippen molar-refractivity contribution in [3.05, 3.63) is 24.3 Å². The molecule has 0 saturated heterocycles. The van der Waals surface area contributed by atoms with E-state index in [1.54, 1.807) is 23.1 Å². The highest BCUT2D eigenvalue weighted by Crippen LogP contribution is 2.35. The molecule has 0 radical (unpaired) electrons. The lowest BCUT2D eigenvalue weighted by atomic mass is 9.99. The molecule has 1 heterocycles. The maximum absolute atomic E-state index is 9.25. The van der Waals surface area contributed by atoms with Gasteiger partial charge in [-0.05, 0) is 31.4 Å². The van der Waals surface area contributed by atoms with Crippen molar-refractivity contribution in [1.82, 2.24) is 4.98 Å². The van der Waals surface area contributed by atoms with E-state index in [4.69, 9.17) is 0 Å². The molecule has 20 heavy (non-hydrogen) atoms. The third-order valence-electron chi connectivity index (χ3n) is 3.67. The molecule has 0 bridgehead atoms. The highest BCUT2D eigenvalue weighted by Gasteiger charge is 2.21. The molecule has 1 N–H and O–H groups in total. The van der Waals surface area contributed by atoms with Crippen LogP contribution in [0, 0.1) is 0 Å². The minimum absolute atomic E-state index is 0.279. The summed E-state index contributed by atoms with van der Waals surface area (Å²) in [6.45, 7) is 0. The zero-order valence-corrected chi connectivity index (χ0v) is 12.9. The SMILES string of the molecule is O/N=C1/CCCCCCC1Sc1nc2ccccc2s1. The van der Waals surface area contributed by atoms with Crippen LogP contribution in [0.1, 0.15) is 38.5 Å². The highest BCUT2D eigenvalue weighted by atomic mass is 32.2. The zero-order chi connectivity index (χ0) is 13.8. The molecule has 0 spiro atoms. The normalized spacial score (nSPS) is 22.8. The largest absolute Gasteiger partial charge is 0.411 e. The van der Waals surface area contributed by atoms with Gasteiger partial charge < -0.3 is 5.21 Å². The van der Waals surface area contributed by atoms with E-state index in [-0.39, 0.29) is 5.25 Å². The molecule has 1 saturated carbocycles. The summed E-state index contributed by atoms with van der Waals surface area (Å²) in [5.74, 6) is 0. The summed E-state index contributed by atoms with van der Waals surface area (Å²) in [4.78, 5) is 4.67. The Morgan fingerprint density at radius 3 is 2.90 bits per heavy atom. The van der Waals surface area contributed by atoms with Gasteiger partial charge in [-0.25, -0.2) is 4.98 Å². The lowest BCUT2D eigenvalue weighted by Gasteiger charge is -2.19. The summed E-state index contributed by atoms with van der Waals surface area (Å²) in [5, 5.41) is 13.1. The standard InChI is InChI=1S/C15H18N2OS2/c18-17-12-8-3-1-2-4-9-14(12)20-15-16-11-7-5-6-10-13(11)19-15/h5-7,10,14,18H,1-4,8-9H2/b17-12-. The van der Waals surface area contributed by atoms with Gasteiger partial charge in [-0.1, -0.05) is 48.3 Å². The van der Waals surface area contributed by atoms with Crippen LogP contribution >= 0.6 is 23.1 Å². The number of nitrogens with zero attached hydrogens (tertiary/aromatic N) is 2. The van der Waals surface area contributed by atoms with Crippen molar-refractivity contribution < 1.29 is 5.21 Å². The number of rotatable bonds is 2. The van der Waals surface area contributed by atoms with Crippen molar-refractivity contribution in [1.29, 1.82) is 0 Å². The second kappa shape index (κ2) is 6.59. The number of oxime groups is 1. The predicted molar refractivity (Wildman–Crippen MR) is 86.2 cm³/mol. The number of para-hydroxylation sites is 1. The Bertz CT molecular complexity index is 576. The fourth-order valence-corrected chi connectivity index (χ4v) is 5.07. The third kappa shape index (κ3) is 3.15. The van der Waals surface area contributed by atoms with E-state index in [1.807, 2.05) is 12.1 Å². The summed E-state index contributed by atoms with van der Waals surface area (Å²) in [5.41, 5.74) is 2.00. The molecule has 3 rings (SSSR count). The molecule has 1 aromatic heterocycles. The number of benzene rings is 1. The first-order valence-electron chi connectivity index (χ1n) is 7.10. The fourth-order valence-electron chi connectivity index (χ4n) is 2.58. The second-order valence-corrected chi connectivity index (χ2v) is 7.58. The highest BCUT2D eigenvalue weighted by molar-refractivity contribution is 8.02. The van der Waals surface area contributed by atoms with Crippen molar-refractivity contribution in [2.45, 2.75) is 48.1 Å². The van der Waals surface area contributed by atoms with E-state index in [1.165, 1.54) is 24.0 Å². The van der Waals surface area contributed by atoms with Gasteiger partial charge in [-0.2, -0.15) is 0 Å². The minimum atomic E-state index is 0.279. The number of hydrogen-bond donors (Lipinski definition) is 1. The first-order valence-corrected chi connectivity index (χ1v) is 8.79. The first kappa shape index (κ1) is 13.9. The van der Waals surface area contributed by atoms with Gasteiger partial charge in [0.25, 0.3) is 0 Å². The van der Waals surface area contributed by atoms with E-state index in [0.29, 0.717) is 0 Å². The smallest absolute Gasteiger partial charge is 0.151 e. The molecule has 1 aliphatic rings. The Balaban J connectivity index is 1.79. The molecule has 1 aliphatic carbocycles. The number of thioether (sulfide) groups is 1. The first-order chi connectivity index (χ1) is 9.86. The topological polar surface area (TPSA) is 45.5 Å². The summed E-state index contributed by atoms with van der Waals surface area (Å²) in [6.07, 6.45) is 6.88. The van der Waals surface area contributed by atoms with E-state index in [2.05, 4.69) is 22.3 Å². The second-order valence-electron chi connectivity index (χ2n) is 5.10. The minimum Gasteiger partial charge on any atom is -0.411 e. The van der Waals surface area contributed by atoms with E-state index in [0.717, 1.165) is 34.8 Å². The van der Waals surface area contributed by atoms with Crippen molar-refractivity contribution >= 4 is 39.0 Å². The number of aromatic nitrogens is 1. The Kier molecular flexibility index (Phi) is 4.58. The van der Waals surface area contributed by atoms with Crippen molar-refractivity contribution in [3.8, 4) is 0 Å². The van der Waals surface area contributed by atoms with Gasteiger partial charge in [0.05, 0.1) is 21.2 Å². The molecule has 1 aromatic carbocycles. The van der Waals surface area contributed by atoms with Gasteiger partial charge in [0.2, 0.25) is 0 Å². The summed E-state index contributed by atoms with van der Waals surface area (Å²) < 4.78 is 2.31. The fraction of sp³-hybridized carbons (Fsp3) is 0.467. The average molecular weight is 306 g/mol. The van der Waals surface area contributed by atoms with Gasteiger partial charge in [0.1, 0.15) is 0 Å². The lowest BCUT2D eigenvalue weighted by Crippen LogP contribution is -2.19. The molecular formula is C15H18N2OS2. The summed E-state index contributed by atoms with van der Waals surface area (Å²) in [6, 6.07) is 8.23. The van der Waals surface area contributed by atoms with Crippen LogP contribution in [0.3, 0.4) is 0 Å². The summed E-state index contributed by atoms with van der Waals surface area (Å²) in [7, 11) is 0. The number of fused-ring (bicyclic) bond motifs is 1. The van der Waals surface area contributed by atoms with Crippen LogP contribution in [0.15, 0.2) is 33.8 Å². The Morgan fingerprint density at radius 2 is 2.05 bits per heavy atom. The van der Waals surface area contributed by atoms with Crippen LogP contribution in [0.4, 0.5) is 0 Å². The number of thiazole rings is 1. The lowest BCUT2D eigenvalue weighted by molar-refractivity contribution is 0.315. The molecule has 1 atom stereocenters. The molecule has 0 aliphatic heterocycles. The quantitative estimate of drug-likeness (QED) is 0.631. The Labute approximate surface area is 127 Å². The Hall–Kier alpha value is -1.07. The van der Waals surface area contributed by atoms with Crippen LogP contribution in [0.2, 0.25) is 0 Å². The third-order valence-corrected chi connectivity index (χ3v) is 6.12. The van der Waals surface area contributed by atoms with Crippen molar-refractivity contribution in [3.63, 3.8) is 0 Å². The molecule has 3 nitrogen and oxygen atoms in total. The molecule has 1 unspecified atom stereocenters.